The first kappa shape index (κ1) is 89.2. The van der Waals surface area contributed by atoms with Crippen molar-refractivity contribution in [3.05, 3.63) is 222 Å². The van der Waals surface area contributed by atoms with Gasteiger partial charge in [-0.2, -0.15) is 0 Å². The zero-order chi connectivity index (χ0) is 79.6. The zero-order valence-electron chi connectivity index (χ0n) is 66.8. The highest BCUT2D eigenvalue weighted by molar-refractivity contribution is 6.09. The van der Waals surface area contributed by atoms with E-state index in [-0.39, 0.29) is 78.1 Å². The molecule has 0 amide bonds. The summed E-state index contributed by atoms with van der Waals surface area (Å²) in [4.78, 5) is 68.1. The summed E-state index contributed by atoms with van der Waals surface area (Å²) in [6.45, 7) is 30.9. The maximum atomic E-state index is 13.7. The van der Waals surface area contributed by atoms with Crippen LogP contribution in [0.2, 0.25) is 0 Å². The molecule has 0 bridgehead atoms. The molecule has 0 saturated carbocycles. The molecule has 6 atom stereocenters. The van der Waals surface area contributed by atoms with Crippen molar-refractivity contribution in [3.8, 4) is 11.5 Å². The number of aromatic carboxylic acids is 1. The molecule has 7 heterocycles. The quantitative estimate of drug-likeness (QED) is 0.0144. The van der Waals surface area contributed by atoms with Gasteiger partial charge in [-0.25, -0.2) is 23.6 Å². The number of nitrogens with zero attached hydrogens (tertiary/aromatic N) is 9. The molecule has 25 heteroatoms. The standard InChI is InChI=1S/C32H36FN3O3.C23H25FN2O2.C8H17N3.C8H12N2O2.C8H19N.C6H5N3O.ClH/c1-19-17-30(39-4)26(32(38)35-19)13-14-29(37)31-21(3)36(28-8-6-5-7-25(28)31)20(2)23-15-16-34-27(18-23)22-9-11-24(33)12-10-22;1-14(17-11-12-25-20(13-17)16-7-9-18(24)10-8-16)26-15(2)22(23(27)28)19-5-3-4-6-21(19)26;1-4-9-8-10-6-5-7-11(2)3;1-5-3-7(12-2)6(4-9)8(11)10-5;1-6-9(7(2)3)8(4)5;10-9-6-4-2-1-3-5(6)7-8-9;/h5-12,17,20,23,27,34H,13-16,18H2,1-4H3,(H,35,38);3-10,14,17,20,25H,11-13H2,1-2H3,(H,27,28);4-7H2,1-3H3;3H,4,9H2,1-2H3,(H,10,11);7-8H,6H2,1-5H3;1-4,10H;1H. The van der Waals surface area contributed by atoms with Crippen LogP contribution in [-0.4, -0.2) is 152 Å². The molecular weight excluding hydrogens is 1420 g/mol. The average Bonchev–Trinajstić information content (AvgIpc) is 1.61. The number of carbonyl (C=O) groups is 2. The van der Waals surface area contributed by atoms with Gasteiger partial charge in [0.05, 0.1) is 43.5 Å². The van der Waals surface area contributed by atoms with E-state index in [2.05, 4.69) is 134 Å². The van der Waals surface area contributed by atoms with E-state index in [1.54, 1.807) is 38.3 Å². The van der Waals surface area contributed by atoms with Gasteiger partial charge >= 0.3 is 5.97 Å². The van der Waals surface area contributed by atoms with Crippen molar-refractivity contribution in [1.29, 1.82) is 0 Å². The van der Waals surface area contributed by atoms with Gasteiger partial charge in [-0.05, 0) is 244 Å². The van der Waals surface area contributed by atoms with Gasteiger partial charge < -0.3 is 60.2 Å². The Labute approximate surface area is 652 Å². The fourth-order valence-corrected chi connectivity index (χ4v) is 14.9. The Morgan fingerprint density at radius 1 is 0.664 bits per heavy atom. The number of rotatable bonds is 22. The highest BCUT2D eigenvalue weighted by Gasteiger charge is 2.33. The number of ether oxygens (including phenoxy) is 2. The lowest BCUT2D eigenvalue weighted by molar-refractivity contribution is 0.0697. The van der Waals surface area contributed by atoms with Crippen molar-refractivity contribution in [3.63, 3.8) is 0 Å². The Morgan fingerprint density at radius 3 is 1.55 bits per heavy atom. The average molecular weight is 1530 g/mol. The van der Waals surface area contributed by atoms with Crippen LogP contribution in [0.25, 0.3) is 32.8 Å². The number of H-pyrrole nitrogens is 2. The minimum Gasteiger partial charge on any atom is -0.496 e. The van der Waals surface area contributed by atoms with E-state index in [1.165, 1.54) is 31.4 Å². The van der Waals surface area contributed by atoms with Crippen molar-refractivity contribution in [1.82, 2.24) is 54.7 Å². The maximum absolute atomic E-state index is 13.7. The van der Waals surface area contributed by atoms with Gasteiger partial charge in [0.15, 0.2) is 5.78 Å². The Morgan fingerprint density at radius 2 is 1.12 bits per heavy atom. The summed E-state index contributed by atoms with van der Waals surface area (Å²) in [5, 5.41) is 34.7. The minimum absolute atomic E-state index is 0. The van der Waals surface area contributed by atoms with Crippen LogP contribution in [-0.2, 0) is 13.0 Å². The summed E-state index contributed by atoms with van der Waals surface area (Å²) in [6, 6.07) is 44.7. The van der Waals surface area contributed by atoms with E-state index in [1.807, 2.05) is 107 Å². The number of nitrogens with one attached hydrogen (secondary N) is 4. The molecule has 0 spiro atoms. The maximum Gasteiger partial charge on any atom is 0.338 e. The highest BCUT2D eigenvalue weighted by atomic mass is 35.5. The third-order valence-corrected chi connectivity index (χ3v) is 20.3. The molecule has 110 heavy (non-hydrogen) atoms. The number of pyridine rings is 2. The Kier molecular flexibility index (Phi) is 35.4. The van der Waals surface area contributed by atoms with Crippen molar-refractivity contribution >= 4 is 63.0 Å². The van der Waals surface area contributed by atoms with Gasteiger partial charge in [0.25, 0.3) is 11.1 Å². The molecule has 0 radical (unpaired) electrons. The Balaban J connectivity index is 0.000000229. The number of Topliss-reactive ketones (excluding diaryl/α,β-unsaturated/α-hetero) is 1. The number of piperidine rings is 2. The number of carboxylic acids is 1. The molecule has 8 N–H and O–H groups in total. The summed E-state index contributed by atoms with van der Waals surface area (Å²) in [5.41, 5.74) is 15.9. The minimum atomic E-state index is -0.880. The number of para-hydroxylation sites is 3. The second-order valence-electron chi connectivity index (χ2n) is 28.5. The smallest absolute Gasteiger partial charge is 0.338 e. The van der Waals surface area contributed by atoms with Gasteiger partial charge in [0.1, 0.15) is 34.2 Å². The molecule has 594 valence electrons. The number of aliphatic imine (C=N–C) groups is 2. The number of benzene rings is 5. The Bertz CT molecular complexity index is 4750. The van der Waals surface area contributed by atoms with E-state index in [0.717, 1.165) is 137 Å². The Hall–Kier alpha value is -9.65. The monoisotopic (exact) mass is 1530 g/mol. The third-order valence-electron chi connectivity index (χ3n) is 20.3. The second-order valence-corrected chi connectivity index (χ2v) is 28.5. The molecule has 2 saturated heterocycles. The second kappa shape index (κ2) is 43.7. The van der Waals surface area contributed by atoms with Crippen LogP contribution in [0.4, 0.5) is 8.78 Å². The largest absolute Gasteiger partial charge is 0.496 e. The van der Waals surface area contributed by atoms with Gasteiger partial charge in [-0.3, -0.25) is 19.3 Å². The summed E-state index contributed by atoms with van der Waals surface area (Å²) in [6.07, 6.45) is 5.50. The highest BCUT2D eigenvalue weighted by Crippen LogP contribution is 2.41. The summed E-state index contributed by atoms with van der Waals surface area (Å²) in [7, 11) is 7.18. The van der Waals surface area contributed by atoms with Crippen molar-refractivity contribution in [2.75, 3.05) is 67.6 Å². The number of carboxylic acid groups (broad SMARTS) is 1. The number of ketones is 1. The molecule has 10 aromatic rings. The van der Waals surface area contributed by atoms with Gasteiger partial charge in [0.2, 0.25) is 0 Å². The first-order valence-corrected chi connectivity index (χ1v) is 37.8. The molecular formula is C85H115ClF2N14O8. The van der Waals surface area contributed by atoms with E-state index in [4.69, 9.17) is 20.4 Å². The lowest BCUT2D eigenvalue weighted by atomic mass is 9.84. The van der Waals surface area contributed by atoms with Crippen LogP contribution >= 0.6 is 12.4 Å². The summed E-state index contributed by atoms with van der Waals surface area (Å²) >= 11 is 0. The van der Waals surface area contributed by atoms with Crippen molar-refractivity contribution < 1.29 is 38.2 Å². The predicted octanol–water partition coefficient (Wildman–Crippen LogP) is 15.8. The number of hydrogen-bond acceptors (Lipinski definition) is 16. The normalized spacial score (nSPS) is 15.8. The number of hydrogen-bond donors (Lipinski definition) is 7. The number of halogens is 3. The molecule has 2 aliphatic rings. The fourth-order valence-electron chi connectivity index (χ4n) is 14.9. The summed E-state index contributed by atoms with van der Waals surface area (Å²) < 4.78 is 41.7. The summed E-state index contributed by atoms with van der Waals surface area (Å²) in [5.74, 6) is 0.538. The van der Waals surface area contributed by atoms with Gasteiger partial charge in [-0.15, -0.1) is 17.5 Å². The van der Waals surface area contributed by atoms with E-state index < -0.39 is 5.97 Å². The predicted molar refractivity (Wildman–Crippen MR) is 440 cm³/mol. The van der Waals surface area contributed by atoms with E-state index in [9.17, 15) is 33.1 Å². The van der Waals surface area contributed by atoms with Crippen LogP contribution in [0.3, 0.4) is 0 Å². The SMILES string of the molecule is CCN(C(C)C)C(C)C.CCN=C=NCCCN(C)C.COc1cc(C)[nH]c(=O)c1CCC(=O)c1c(C)n(C(C)C2CCNC(c3ccc(F)cc3)C2)c2ccccc12.COc1cc(C)[nH]c(=O)c1CN.Cc1c(C(=O)O)c2ccccc2n1C(C)C1CCNC(c2ccc(F)cc2)C1.Cl.On1nnc2ccccc21. The van der Waals surface area contributed by atoms with Crippen LogP contribution in [0.15, 0.2) is 153 Å². The molecule has 12 rings (SSSR count). The molecule has 6 unspecified atom stereocenters. The van der Waals surface area contributed by atoms with Crippen molar-refractivity contribution in [2.45, 2.75) is 171 Å². The van der Waals surface area contributed by atoms with Gasteiger partial charge in [-0.1, -0.05) is 84.6 Å². The molecule has 22 nitrogen and oxygen atoms in total. The fraction of sp³-hybridized carbons (Fsp3) is 0.447. The van der Waals surface area contributed by atoms with Crippen molar-refractivity contribution in [2.24, 2.45) is 27.6 Å². The third kappa shape index (κ3) is 23.9. The first-order chi connectivity index (χ1) is 52.2. The van der Waals surface area contributed by atoms with Crippen LogP contribution in [0, 0.1) is 51.2 Å². The lowest BCUT2D eigenvalue weighted by Gasteiger charge is -2.35. The number of methoxy groups -OCH3 is 2. The number of nitrogens with two attached hydrogens (primary N) is 1. The number of aryl methyl sites for hydroxylation is 2. The lowest BCUT2D eigenvalue weighted by Crippen LogP contribution is -2.36. The molecule has 5 aromatic heterocycles. The van der Waals surface area contributed by atoms with Crippen LogP contribution in [0.5, 0.6) is 11.5 Å². The topological polar surface area (TPSA) is 281 Å². The number of aromatic amines is 2. The van der Waals surface area contributed by atoms with E-state index in [0.29, 0.717) is 69.6 Å². The zero-order valence-corrected chi connectivity index (χ0v) is 67.6. The molecule has 5 aromatic carbocycles. The number of fused-ring (bicyclic) bond motifs is 3. The molecule has 2 aliphatic heterocycles. The molecule has 0 aliphatic carbocycles. The molecule has 2 fully saturated rings. The van der Waals surface area contributed by atoms with Crippen LogP contribution < -0.4 is 37.0 Å². The van der Waals surface area contributed by atoms with E-state index >= 15 is 0 Å². The number of carbonyl (C=O) groups excluding carboxylic acids is 1. The van der Waals surface area contributed by atoms with Gasteiger partial charge in [0, 0.05) is 106 Å². The van der Waals surface area contributed by atoms with Crippen LogP contribution in [0.1, 0.15) is 184 Å². The first-order valence-electron chi connectivity index (χ1n) is 37.8. The number of aromatic nitrogens is 7.